The molecular formula is C23H29NO3. The summed E-state index contributed by atoms with van der Waals surface area (Å²) in [6, 6.07) is 5.48. The van der Waals surface area contributed by atoms with E-state index >= 15 is 0 Å². The number of ether oxygens (including phenoxy) is 1. The fraction of sp³-hybridized carbons (Fsp3) is 0.696. The zero-order chi connectivity index (χ0) is 18.2. The van der Waals surface area contributed by atoms with Gasteiger partial charge in [0.15, 0.2) is 0 Å². The molecule has 1 aromatic carbocycles. The number of hydrogen-bond acceptors (Lipinski definition) is 3. The Kier molecular flexibility index (Phi) is 3.48. The molecule has 5 fully saturated rings. The minimum Gasteiger partial charge on any atom is -0.478 e. The Hall–Kier alpha value is -1.55. The quantitative estimate of drug-likeness (QED) is 0.783. The van der Waals surface area contributed by atoms with Gasteiger partial charge < -0.3 is 15.2 Å². The first-order valence-electron chi connectivity index (χ1n) is 10.9. The third-order valence-electron chi connectivity index (χ3n) is 8.47. The van der Waals surface area contributed by atoms with Crippen molar-refractivity contribution in [3.63, 3.8) is 0 Å². The molecule has 1 saturated heterocycles. The molecule has 0 radical (unpaired) electrons. The molecule has 0 amide bonds. The second-order valence-corrected chi connectivity index (χ2v) is 10.2. The molecule has 3 atom stereocenters. The van der Waals surface area contributed by atoms with Crippen LogP contribution in [0.5, 0.6) is 0 Å². The molecule has 27 heavy (non-hydrogen) atoms. The molecule has 144 valence electrons. The van der Waals surface area contributed by atoms with Crippen LogP contribution in [0.3, 0.4) is 0 Å². The maximum Gasteiger partial charge on any atom is 0.335 e. The summed E-state index contributed by atoms with van der Waals surface area (Å²) >= 11 is 0. The molecule has 3 unspecified atom stereocenters. The zero-order valence-corrected chi connectivity index (χ0v) is 15.8. The van der Waals surface area contributed by atoms with Gasteiger partial charge >= 0.3 is 5.97 Å². The average molecular weight is 367 g/mol. The fourth-order valence-corrected chi connectivity index (χ4v) is 7.76. The Morgan fingerprint density at radius 3 is 2.44 bits per heavy atom. The van der Waals surface area contributed by atoms with Crippen LogP contribution >= 0.6 is 0 Å². The van der Waals surface area contributed by atoms with Gasteiger partial charge in [0.1, 0.15) is 0 Å². The molecule has 4 saturated carbocycles. The summed E-state index contributed by atoms with van der Waals surface area (Å²) in [6.07, 6.45) is 11.3. The molecule has 2 N–H and O–H groups in total. The molecular weight excluding hydrogens is 338 g/mol. The number of fused-ring (bicyclic) bond motifs is 3. The predicted molar refractivity (Wildman–Crippen MR) is 103 cm³/mol. The lowest BCUT2D eigenvalue weighted by molar-refractivity contribution is -0.191. The van der Waals surface area contributed by atoms with Gasteiger partial charge in [-0.15, -0.1) is 0 Å². The van der Waals surface area contributed by atoms with Gasteiger partial charge in [0.2, 0.25) is 0 Å². The van der Waals surface area contributed by atoms with Crippen LogP contribution in [0.4, 0.5) is 5.69 Å². The molecule has 0 aromatic heterocycles. The van der Waals surface area contributed by atoms with Crippen molar-refractivity contribution in [2.75, 3.05) is 11.9 Å². The van der Waals surface area contributed by atoms with E-state index in [0.717, 1.165) is 35.5 Å². The number of rotatable bonds is 2. The lowest BCUT2D eigenvalue weighted by Gasteiger charge is -2.60. The number of aromatic carboxylic acids is 1. The van der Waals surface area contributed by atoms with E-state index in [9.17, 15) is 9.90 Å². The highest BCUT2D eigenvalue weighted by Crippen LogP contribution is 2.63. The average Bonchev–Trinajstić information content (AvgIpc) is 2.66. The Labute approximate surface area is 160 Å². The van der Waals surface area contributed by atoms with E-state index in [2.05, 4.69) is 5.32 Å². The molecule has 4 nitrogen and oxygen atoms in total. The minimum absolute atomic E-state index is 0.0623. The number of carbonyl (C=O) groups is 1. The lowest BCUT2D eigenvalue weighted by atomic mass is 9.47. The van der Waals surface area contributed by atoms with E-state index in [0.29, 0.717) is 23.0 Å². The van der Waals surface area contributed by atoms with Crippen LogP contribution in [0.1, 0.15) is 73.4 Å². The van der Waals surface area contributed by atoms with Gasteiger partial charge in [-0.05, 0) is 92.7 Å². The number of nitrogens with one attached hydrogen (secondary N) is 1. The van der Waals surface area contributed by atoms with Crippen LogP contribution in [0, 0.1) is 29.1 Å². The number of hydrogen-bond donors (Lipinski definition) is 2. The van der Waals surface area contributed by atoms with Crippen molar-refractivity contribution in [1.29, 1.82) is 0 Å². The van der Waals surface area contributed by atoms with E-state index < -0.39 is 5.97 Å². The highest BCUT2D eigenvalue weighted by molar-refractivity contribution is 5.88. The second kappa shape index (κ2) is 5.73. The van der Waals surface area contributed by atoms with E-state index in [1.165, 1.54) is 51.4 Å². The third kappa shape index (κ3) is 2.48. The Balaban J connectivity index is 1.32. The molecule has 4 bridgehead atoms. The maximum atomic E-state index is 11.5. The van der Waals surface area contributed by atoms with Crippen LogP contribution in [0.25, 0.3) is 0 Å². The highest BCUT2D eigenvalue weighted by Gasteiger charge is 2.56. The normalized spacial score (nSPS) is 44.3. The van der Waals surface area contributed by atoms with Gasteiger partial charge in [-0.25, -0.2) is 4.79 Å². The summed E-state index contributed by atoms with van der Waals surface area (Å²) in [5.74, 6) is 2.43. The number of anilines is 1. The Morgan fingerprint density at radius 2 is 1.78 bits per heavy atom. The van der Waals surface area contributed by atoms with Gasteiger partial charge in [0.05, 0.1) is 17.8 Å². The molecule has 1 aromatic rings. The van der Waals surface area contributed by atoms with Crippen LogP contribution in [0.2, 0.25) is 0 Å². The topological polar surface area (TPSA) is 58.6 Å². The van der Waals surface area contributed by atoms with Gasteiger partial charge in [-0.2, -0.15) is 0 Å². The Morgan fingerprint density at radius 1 is 1.07 bits per heavy atom. The summed E-state index contributed by atoms with van der Waals surface area (Å²) < 4.78 is 6.90. The van der Waals surface area contributed by atoms with Crippen molar-refractivity contribution in [2.45, 2.75) is 63.6 Å². The standard InChI is InChI=1S/C23H29NO3/c25-22(26)16-1-3-19-18(8-16)21-17(12-24-19)2-4-20(27-21)23-9-13-5-14(10-23)7-15(6-13)11-23/h1,3,8,13-15,17,20-21,24H,2,4-7,9-12H2,(H,25,26). The summed E-state index contributed by atoms with van der Waals surface area (Å²) in [5, 5.41) is 12.9. The van der Waals surface area contributed by atoms with Gasteiger partial charge in [0, 0.05) is 23.7 Å². The summed E-state index contributed by atoms with van der Waals surface area (Å²) in [7, 11) is 0. The van der Waals surface area contributed by atoms with E-state index in [-0.39, 0.29) is 6.10 Å². The van der Waals surface area contributed by atoms with Crippen LogP contribution in [-0.4, -0.2) is 23.7 Å². The number of benzene rings is 1. The molecule has 7 rings (SSSR count). The molecule has 6 aliphatic rings. The molecule has 0 spiro atoms. The molecule has 2 aliphatic heterocycles. The van der Waals surface area contributed by atoms with Gasteiger partial charge in [0.25, 0.3) is 0 Å². The van der Waals surface area contributed by atoms with E-state index in [1.54, 1.807) is 6.07 Å². The van der Waals surface area contributed by atoms with Crippen molar-refractivity contribution in [3.8, 4) is 0 Å². The maximum absolute atomic E-state index is 11.5. The lowest BCUT2D eigenvalue weighted by Crippen LogP contribution is -2.54. The summed E-state index contributed by atoms with van der Waals surface area (Å²) in [6.45, 7) is 0.942. The van der Waals surface area contributed by atoms with E-state index in [4.69, 9.17) is 4.74 Å². The fourth-order valence-electron chi connectivity index (χ4n) is 7.76. The van der Waals surface area contributed by atoms with Crippen LogP contribution < -0.4 is 5.32 Å². The molecule has 2 heterocycles. The largest absolute Gasteiger partial charge is 0.478 e. The minimum atomic E-state index is -0.853. The van der Waals surface area contributed by atoms with Crippen LogP contribution in [0.15, 0.2) is 18.2 Å². The second-order valence-electron chi connectivity index (χ2n) is 10.2. The molecule has 4 aliphatic carbocycles. The first kappa shape index (κ1) is 16.4. The first-order chi connectivity index (χ1) is 13.1. The molecule has 4 heteroatoms. The highest BCUT2D eigenvalue weighted by atomic mass is 16.5. The van der Waals surface area contributed by atoms with E-state index in [1.807, 2.05) is 12.1 Å². The van der Waals surface area contributed by atoms with Crippen molar-refractivity contribution >= 4 is 11.7 Å². The number of carboxylic acids is 1. The van der Waals surface area contributed by atoms with Gasteiger partial charge in [-0.3, -0.25) is 0 Å². The van der Waals surface area contributed by atoms with Crippen molar-refractivity contribution in [3.05, 3.63) is 29.3 Å². The summed E-state index contributed by atoms with van der Waals surface area (Å²) in [4.78, 5) is 11.5. The van der Waals surface area contributed by atoms with Gasteiger partial charge in [-0.1, -0.05) is 0 Å². The number of carboxylic acid groups (broad SMARTS) is 1. The summed E-state index contributed by atoms with van der Waals surface area (Å²) in [5.41, 5.74) is 2.92. The zero-order valence-electron chi connectivity index (χ0n) is 15.8. The third-order valence-corrected chi connectivity index (χ3v) is 8.47. The Bertz CT molecular complexity index is 753. The van der Waals surface area contributed by atoms with Crippen molar-refractivity contribution in [2.24, 2.45) is 29.1 Å². The van der Waals surface area contributed by atoms with Crippen molar-refractivity contribution < 1.29 is 14.6 Å². The van der Waals surface area contributed by atoms with Crippen molar-refractivity contribution in [1.82, 2.24) is 0 Å². The smallest absolute Gasteiger partial charge is 0.335 e. The first-order valence-corrected chi connectivity index (χ1v) is 10.9. The monoisotopic (exact) mass is 367 g/mol. The van der Waals surface area contributed by atoms with Crippen LogP contribution in [-0.2, 0) is 4.74 Å². The SMILES string of the molecule is O=C(O)c1ccc2c(c1)C1OC(C34CC5CC(CC(C5)C3)C4)CCC1CN2. The predicted octanol–water partition coefficient (Wildman–Crippen LogP) is 4.86.